The highest BCUT2D eigenvalue weighted by atomic mass is 16.6. The van der Waals surface area contributed by atoms with Gasteiger partial charge in [-0.15, -0.1) is 0 Å². The molecule has 0 aromatic heterocycles. The molecule has 0 heterocycles. The number of hydrogen-bond donors (Lipinski definition) is 2. The van der Waals surface area contributed by atoms with E-state index in [1.165, 1.54) is 12.8 Å². The van der Waals surface area contributed by atoms with Gasteiger partial charge < -0.3 is 10.6 Å². The van der Waals surface area contributed by atoms with Crippen molar-refractivity contribution >= 4 is 17.1 Å². The van der Waals surface area contributed by atoms with Crippen molar-refractivity contribution < 1.29 is 4.92 Å². The van der Waals surface area contributed by atoms with Gasteiger partial charge in [-0.25, -0.2) is 0 Å². The molecule has 0 saturated heterocycles. The molecule has 1 aromatic rings. The quantitative estimate of drug-likeness (QED) is 0.630. The van der Waals surface area contributed by atoms with Gasteiger partial charge in [-0.2, -0.15) is 0 Å². The van der Waals surface area contributed by atoms with Crippen LogP contribution in [0.4, 0.5) is 17.1 Å². The first-order valence-electron chi connectivity index (χ1n) is 7.22. The summed E-state index contributed by atoms with van der Waals surface area (Å²) in [6, 6.07) is 5.52. The molecule has 5 heteroatoms. The third-order valence-electron chi connectivity index (χ3n) is 4.11. The molecule has 2 N–H and O–H groups in total. The van der Waals surface area contributed by atoms with Crippen molar-refractivity contribution in [3.63, 3.8) is 0 Å². The van der Waals surface area contributed by atoms with Crippen LogP contribution in [-0.2, 0) is 0 Å². The number of nitro benzene ring substituents is 1. The standard InChI is InChI=1S/C15H23N3O2/c1-4-16-11-8-12(10-13(9-11)18(19)20)17-14-6-5-7-15(14,2)3/h8-10,14,16-17H,4-7H2,1-3H3. The van der Waals surface area contributed by atoms with E-state index in [9.17, 15) is 10.1 Å². The number of nitro groups is 1. The second-order valence-corrected chi connectivity index (χ2v) is 6.13. The predicted molar refractivity (Wildman–Crippen MR) is 82.3 cm³/mol. The smallest absolute Gasteiger partial charge is 0.273 e. The highest BCUT2D eigenvalue weighted by Crippen LogP contribution is 2.39. The largest absolute Gasteiger partial charge is 0.385 e. The Kier molecular flexibility index (Phi) is 4.16. The fourth-order valence-electron chi connectivity index (χ4n) is 2.90. The van der Waals surface area contributed by atoms with Gasteiger partial charge in [0, 0.05) is 36.1 Å². The summed E-state index contributed by atoms with van der Waals surface area (Å²) in [5.74, 6) is 0. The Hall–Kier alpha value is -1.78. The molecular weight excluding hydrogens is 254 g/mol. The summed E-state index contributed by atoms with van der Waals surface area (Å²) in [6.45, 7) is 7.22. The highest BCUT2D eigenvalue weighted by Gasteiger charge is 2.34. The third-order valence-corrected chi connectivity index (χ3v) is 4.11. The zero-order chi connectivity index (χ0) is 14.8. The zero-order valence-electron chi connectivity index (χ0n) is 12.4. The van der Waals surface area contributed by atoms with Gasteiger partial charge in [-0.3, -0.25) is 10.1 Å². The number of anilines is 2. The first-order chi connectivity index (χ1) is 9.42. The van der Waals surface area contributed by atoms with Crippen LogP contribution < -0.4 is 10.6 Å². The van der Waals surface area contributed by atoms with Gasteiger partial charge in [0.05, 0.1) is 4.92 Å². The van der Waals surface area contributed by atoms with Gasteiger partial charge in [-0.05, 0) is 31.2 Å². The minimum atomic E-state index is -0.341. The number of benzene rings is 1. The lowest BCUT2D eigenvalue weighted by Crippen LogP contribution is -2.30. The maximum absolute atomic E-state index is 11.0. The number of nitrogens with one attached hydrogen (secondary N) is 2. The van der Waals surface area contributed by atoms with Gasteiger partial charge in [0.1, 0.15) is 0 Å². The van der Waals surface area contributed by atoms with Gasteiger partial charge >= 0.3 is 0 Å². The number of hydrogen-bond acceptors (Lipinski definition) is 4. The van der Waals surface area contributed by atoms with Gasteiger partial charge in [-0.1, -0.05) is 20.3 Å². The molecule has 20 heavy (non-hydrogen) atoms. The highest BCUT2D eigenvalue weighted by molar-refractivity contribution is 5.63. The van der Waals surface area contributed by atoms with Crippen molar-refractivity contribution in [2.24, 2.45) is 5.41 Å². The second kappa shape index (κ2) is 5.69. The summed E-state index contributed by atoms with van der Waals surface area (Å²) in [5.41, 5.74) is 1.99. The Balaban J connectivity index is 2.24. The van der Waals surface area contributed by atoms with Gasteiger partial charge in [0.15, 0.2) is 0 Å². The maximum Gasteiger partial charge on any atom is 0.273 e. The van der Waals surface area contributed by atoms with Crippen LogP contribution in [0.15, 0.2) is 18.2 Å². The Morgan fingerprint density at radius 1 is 1.35 bits per heavy atom. The van der Waals surface area contributed by atoms with Gasteiger partial charge in [0.2, 0.25) is 0 Å². The van der Waals surface area contributed by atoms with E-state index in [2.05, 4.69) is 24.5 Å². The lowest BCUT2D eigenvalue weighted by Gasteiger charge is -2.28. The molecule has 0 bridgehead atoms. The molecule has 1 unspecified atom stereocenters. The Labute approximate surface area is 119 Å². The first kappa shape index (κ1) is 14.6. The van der Waals surface area contributed by atoms with Crippen molar-refractivity contribution in [2.45, 2.75) is 46.1 Å². The van der Waals surface area contributed by atoms with E-state index in [-0.39, 0.29) is 16.0 Å². The Morgan fingerprint density at radius 2 is 2.05 bits per heavy atom. The average molecular weight is 277 g/mol. The minimum absolute atomic E-state index is 0.127. The molecule has 0 radical (unpaired) electrons. The van der Waals surface area contributed by atoms with Crippen LogP contribution in [0.2, 0.25) is 0 Å². The fourth-order valence-corrected chi connectivity index (χ4v) is 2.90. The van der Waals surface area contributed by atoms with E-state index in [0.717, 1.165) is 24.3 Å². The zero-order valence-corrected chi connectivity index (χ0v) is 12.4. The molecule has 1 saturated carbocycles. The predicted octanol–water partition coefficient (Wildman–Crippen LogP) is 4.02. The number of non-ortho nitro benzene ring substituents is 1. The fraction of sp³-hybridized carbons (Fsp3) is 0.600. The van der Waals surface area contributed by atoms with Crippen LogP contribution in [0.3, 0.4) is 0 Å². The average Bonchev–Trinajstić information content (AvgIpc) is 2.69. The van der Waals surface area contributed by atoms with E-state index in [1.54, 1.807) is 12.1 Å². The summed E-state index contributed by atoms with van der Waals surface area (Å²) in [4.78, 5) is 10.7. The molecule has 0 spiro atoms. The molecule has 1 aliphatic rings. The van der Waals surface area contributed by atoms with Crippen LogP contribution >= 0.6 is 0 Å². The van der Waals surface area contributed by atoms with E-state index >= 15 is 0 Å². The number of rotatable bonds is 5. The molecule has 5 nitrogen and oxygen atoms in total. The topological polar surface area (TPSA) is 67.2 Å². The van der Waals surface area contributed by atoms with Crippen LogP contribution in [0.5, 0.6) is 0 Å². The summed E-state index contributed by atoms with van der Waals surface area (Å²) in [7, 11) is 0. The Bertz CT molecular complexity index is 500. The molecule has 2 rings (SSSR count). The van der Waals surface area contributed by atoms with Crippen molar-refractivity contribution in [1.29, 1.82) is 0 Å². The van der Waals surface area contributed by atoms with Crippen molar-refractivity contribution in [2.75, 3.05) is 17.2 Å². The minimum Gasteiger partial charge on any atom is -0.385 e. The van der Waals surface area contributed by atoms with Crippen molar-refractivity contribution in [3.8, 4) is 0 Å². The molecule has 0 aliphatic heterocycles. The molecular formula is C15H23N3O2. The van der Waals surface area contributed by atoms with Crippen molar-refractivity contribution in [3.05, 3.63) is 28.3 Å². The first-order valence-corrected chi connectivity index (χ1v) is 7.22. The van der Waals surface area contributed by atoms with Crippen LogP contribution in [0, 0.1) is 15.5 Å². The SMILES string of the molecule is CCNc1cc(NC2CCCC2(C)C)cc([N+](=O)[O-])c1. The monoisotopic (exact) mass is 277 g/mol. The molecule has 1 fully saturated rings. The van der Waals surface area contributed by atoms with Crippen molar-refractivity contribution in [1.82, 2.24) is 0 Å². The molecule has 0 amide bonds. The van der Waals surface area contributed by atoms with Crippen LogP contribution in [-0.4, -0.2) is 17.5 Å². The molecule has 110 valence electrons. The lowest BCUT2D eigenvalue weighted by atomic mass is 9.87. The molecule has 1 aromatic carbocycles. The lowest BCUT2D eigenvalue weighted by molar-refractivity contribution is -0.384. The molecule has 1 aliphatic carbocycles. The van der Waals surface area contributed by atoms with Crippen LogP contribution in [0.1, 0.15) is 40.0 Å². The summed E-state index contributed by atoms with van der Waals surface area (Å²) < 4.78 is 0. The van der Waals surface area contributed by atoms with Crippen LogP contribution in [0.25, 0.3) is 0 Å². The Morgan fingerprint density at radius 3 is 2.60 bits per heavy atom. The van der Waals surface area contributed by atoms with E-state index in [0.29, 0.717) is 6.04 Å². The normalized spacial score (nSPS) is 20.6. The van der Waals surface area contributed by atoms with E-state index in [1.807, 2.05) is 13.0 Å². The summed E-state index contributed by atoms with van der Waals surface area (Å²) >= 11 is 0. The summed E-state index contributed by atoms with van der Waals surface area (Å²) in [6.07, 6.45) is 3.52. The number of nitrogens with zero attached hydrogens (tertiary/aromatic N) is 1. The second-order valence-electron chi connectivity index (χ2n) is 6.13. The third kappa shape index (κ3) is 3.21. The van der Waals surface area contributed by atoms with E-state index < -0.39 is 0 Å². The van der Waals surface area contributed by atoms with E-state index in [4.69, 9.17) is 0 Å². The van der Waals surface area contributed by atoms with Gasteiger partial charge in [0.25, 0.3) is 5.69 Å². The maximum atomic E-state index is 11.0. The summed E-state index contributed by atoms with van der Waals surface area (Å²) in [5, 5.41) is 17.6. The molecule has 1 atom stereocenters.